The summed E-state index contributed by atoms with van der Waals surface area (Å²) in [4.78, 5) is 14.2. The first-order valence-electron chi connectivity index (χ1n) is 8.62. The molecule has 1 fully saturated rings. The van der Waals surface area contributed by atoms with Crippen molar-refractivity contribution in [1.82, 2.24) is 19.7 Å². The number of hydrogen-bond donors (Lipinski definition) is 0. The van der Waals surface area contributed by atoms with E-state index >= 15 is 0 Å². The number of hydrogen-bond acceptors (Lipinski definition) is 5. The van der Waals surface area contributed by atoms with Crippen molar-refractivity contribution in [2.75, 3.05) is 18.8 Å². The lowest BCUT2D eigenvalue weighted by molar-refractivity contribution is -0.129. The number of aryl methyl sites for hydroxylation is 1. The number of likely N-dealkylation sites (tertiary alicyclic amines) is 1. The molecule has 134 valence electrons. The summed E-state index contributed by atoms with van der Waals surface area (Å²) in [6.07, 6.45) is 3.45. The van der Waals surface area contributed by atoms with Crippen LogP contribution < -0.4 is 4.74 Å². The molecule has 2 heterocycles. The molecule has 0 atom stereocenters. The van der Waals surface area contributed by atoms with Crippen LogP contribution in [0.1, 0.15) is 30.7 Å². The molecule has 0 N–H and O–H groups in total. The zero-order chi connectivity index (χ0) is 17.6. The van der Waals surface area contributed by atoms with Crippen LogP contribution in [0.4, 0.5) is 0 Å². The lowest BCUT2D eigenvalue weighted by atomic mass is 10.1. The first kappa shape index (κ1) is 17.8. The number of piperidine rings is 1. The molecule has 0 spiro atoms. The number of aromatic nitrogens is 3. The maximum atomic E-state index is 12.3. The Morgan fingerprint density at radius 3 is 2.80 bits per heavy atom. The first-order chi connectivity index (χ1) is 12.1. The van der Waals surface area contributed by atoms with Crippen LogP contribution in [0.3, 0.4) is 0 Å². The minimum atomic E-state index is 0.185. The third kappa shape index (κ3) is 4.75. The zero-order valence-corrected chi connectivity index (χ0v) is 15.6. The summed E-state index contributed by atoms with van der Waals surface area (Å²) in [6.45, 7) is 4.15. The van der Waals surface area contributed by atoms with Gasteiger partial charge < -0.3 is 14.2 Å². The van der Waals surface area contributed by atoms with Gasteiger partial charge in [-0.1, -0.05) is 23.9 Å². The molecule has 3 rings (SSSR count). The Labute approximate surface area is 152 Å². The molecule has 0 bridgehead atoms. The summed E-state index contributed by atoms with van der Waals surface area (Å²) in [5.41, 5.74) is 1.16. The summed E-state index contributed by atoms with van der Waals surface area (Å²) >= 11 is 1.44. The number of carbonyl (C=O) groups excluding carboxylic acids is 1. The van der Waals surface area contributed by atoms with Crippen molar-refractivity contribution in [3.63, 3.8) is 0 Å². The summed E-state index contributed by atoms with van der Waals surface area (Å²) in [5, 5.41) is 9.12. The second-order valence-corrected chi connectivity index (χ2v) is 7.24. The molecule has 0 saturated carbocycles. The van der Waals surface area contributed by atoms with Crippen molar-refractivity contribution in [3.8, 4) is 5.75 Å². The molecule has 25 heavy (non-hydrogen) atoms. The van der Waals surface area contributed by atoms with Crippen molar-refractivity contribution >= 4 is 17.7 Å². The van der Waals surface area contributed by atoms with E-state index in [4.69, 9.17) is 4.74 Å². The van der Waals surface area contributed by atoms with E-state index in [-0.39, 0.29) is 5.91 Å². The maximum Gasteiger partial charge on any atom is 0.233 e. The Kier molecular flexibility index (Phi) is 5.96. The van der Waals surface area contributed by atoms with E-state index < -0.39 is 0 Å². The number of rotatable bonds is 6. The minimum absolute atomic E-state index is 0.185. The van der Waals surface area contributed by atoms with Crippen molar-refractivity contribution < 1.29 is 9.53 Å². The van der Waals surface area contributed by atoms with Gasteiger partial charge in [-0.05, 0) is 43.9 Å². The summed E-state index contributed by atoms with van der Waals surface area (Å²) in [6, 6.07) is 7.91. The fraction of sp³-hybridized carbons (Fsp3) is 0.500. The third-order valence-electron chi connectivity index (χ3n) is 4.32. The molecule has 1 amide bonds. The van der Waals surface area contributed by atoms with Crippen LogP contribution in [0.2, 0.25) is 0 Å². The van der Waals surface area contributed by atoms with Crippen LogP contribution >= 0.6 is 11.8 Å². The van der Waals surface area contributed by atoms with Gasteiger partial charge in [0.05, 0.1) is 5.75 Å². The highest BCUT2D eigenvalue weighted by Crippen LogP contribution is 2.19. The highest BCUT2D eigenvalue weighted by atomic mass is 32.2. The Hall–Kier alpha value is -2.02. The molecule has 1 aliphatic rings. The Morgan fingerprint density at radius 2 is 2.04 bits per heavy atom. The fourth-order valence-corrected chi connectivity index (χ4v) is 3.64. The quantitative estimate of drug-likeness (QED) is 0.742. The van der Waals surface area contributed by atoms with Gasteiger partial charge in [-0.15, -0.1) is 10.2 Å². The molecular formula is C18H24N4O2S. The third-order valence-corrected chi connectivity index (χ3v) is 5.32. The van der Waals surface area contributed by atoms with Gasteiger partial charge in [0.25, 0.3) is 0 Å². The number of ether oxygens (including phenoxy) is 1. The van der Waals surface area contributed by atoms with Crippen LogP contribution in [0.5, 0.6) is 5.75 Å². The highest BCUT2D eigenvalue weighted by Gasteiger charge is 2.18. The van der Waals surface area contributed by atoms with Crippen molar-refractivity contribution in [3.05, 3.63) is 35.7 Å². The molecule has 1 saturated heterocycles. The van der Waals surface area contributed by atoms with E-state index in [1.165, 1.54) is 18.2 Å². The number of benzene rings is 1. The molecule has 1 aromatic carbocycles. The maximum absolute atomic E-state index is 12.3. The van der Waals surface area contributed by atoms with Crippen LogP contribution in [0, 0.1) is 6.92 Å². The van der Waals surface area contributed by atoms with Gasteiger partial charge in [0.2, 0.25) is 5.91 Å². The predicted molar refractivity (Wildman–Crippen MR) is 97.7 cm³/mol. The Bertz CT molecular complexity index is 726. The standard InChI is InChI=1S/C18H24N4O2S/c1-14-7-6-8-15(11-14)24-12-16-19-20-18(21(16)2)25-13-17(23)22-9-4-3-5-10-22/h6-8,11H,3-5,9-10,12-13H2,1-2H3. The smallest absolute Gasteiger partial charge is 0.233 e. The van der Waals surface area contributed by atoms with Gasteiger partial charge in [0.1, 0.15) is 12.4 Å². The van der Waals surface area contributed by atoms with E-state index in [0.717, 1.165) is 48.2 Å². The van der Waals surface area contributed by atoms with Crippen LogP contribution in [0.15, 0.2) is 29.4 Å². The average Bonchev–Trinajstić information content (AvgIpc) is 2.98. The second kappa shape index (κ2) is 8.38. The topological polar surface area (TPSA) is 60.3 Å². The van der Waals surface area contributed by atoms with Crippen molar-refractivity contribution in [2.24, 2.45) is 7.05 Å². The van der Waals surface area contributed by atoms with Crippen LogP contribution in [-0.4, -0.2) is 44.4 Å². The molecule has 0 radical (unpaired) electrons. The van der Waals surface area contributed by atoms with Crippen molar-refractivity contribution in [1.29, 1.82) is 0 Å². The summed E-state index contributed by atoms with van der Waals surface area (Å²) in [5.74, 6) is 2.15. The lowest BCUT2D eigenvalue weighted by Crippen LogP contribution is -2.36. The molecular weight excluding hydrogens is 336 g/mol. The predicted octanol–water partition coefficient (Wildman–Crippen LogP) is 2.81. The molecule has 1 aromatic heterocycles. The number of carbonyl (C=O) groups is 1. The molecule has 2 aromatic rings. The van der Waals surface area contributed by atoms with E-state index in [9.17, 15) is 4.79 Å². The summed E-state index contributed by atoms with van der Waals surface area (Å²) in [7, 11) is 1.91. The number of amides is 1. The first-order valence-corrected chi connectivity index (χ1v) is 9.60. The monoisotopic (exact) mass is 360 g/mol. The lowest BCUT2D eigenvalue weighted by Gasteiger charge is -2.26. The highest BCUT2D eigenvalue weighted by molar-refractivity contribution is 7.99. The van der Waals surface area contributed by atoms with E-state index in [1.54, 1.807) is 0 Å². The van der Waals surface area contributed by atoms with Gasteiger partial charge in [-0.25, -0.2) is 0 Å². The van der Waals surface area contributed by atoms with Gasteiger partial charge in [-0.2, -0.15) is 0 Å². The van der Waals surface area contributed by atoms with Gasteiger partial charge in [0, 0.05) is 20.1 Å². The van der Waals surface area contributed by atoms with E-state index in [2.05, 4.69) is 10.2 Å². The van der Waals surface area contributed by atoms with E-state index in [1.807, 2.05) is 47.7 Å². The Balaban J connectivity index is 1.53. The van der Waals surface area contributed by atoms with Gasteiger partial charge >= 0.3 is 0 Å². The fourth-order valence-electron chi connectivity index (χ4n) is 2.81. The molecule has 6 nitrogen and oxygen atoms in total. The molecule has 0 unspecified atom stereocenters. The molecule has 7 heteroatoms. The SMILES string of the molecule is Cc1cccc(OCc2nnc(SCC(=O)N3CCCCC3)n2C)c1. The summed E-state index contributed by atoms with van der Waals surface area (Å²) < 4.78 is 7.67. The number of thioether (sulfide) groups is 1. The average molecular weight is 360 g/mol. The van der Waals surface area contributed by atoms with E-state index in [0.29, 0.717) is 12.4 Å². The second-order valence-electron chi connectivity index (χ2n) is 6.29. The Morgan fingerprint density at radius 1 is 1.24 bits per heavy atom. The molecule has 1 aliphatic heterocycles. The van der Waals surface area contributed by atoms with Crippen LogP contribution in [-0.2, 0) is 18.4 Å². The molecule has 0 aliphatic carbocycles. The normalized spacial score (nSPS) is 14.6. The van der Waals surface area contributed by atoms with Crippen molar-refractivity contribution in [2.45, 2.75) is 37.9 Å². The number of nitrogens with zero attached hydrogens (tertiary/aromatic N) is 4. The minimum Gasteiger partial charge on any atom is -0.486 e. The zero-order valence-electron chi connectivity index (χ0n) is 14.8. The van der Waals surface area contributed by atoms with Gasteiger partial charge in [-0.3, -0.25) is 4.79 Å². The van der Waals surface area contributed by atoms with Gasteiger partial charge in [0.15, 0.2) is 11.0 Å². The van der Waals surface area contributed by atoms with Crippen LogP contribution in [0.25, 0.3) is 0 Å². The largest absolute Gasteiger partial charge is 0.486 e.